The standard InChI is InChI=1S/C15H17N3O3/c1-18-9-8-14(17-18)16-15(19)7-5-11-4-6-12(20-2)13(10-11)21-3/h4-10H,1-3H3,(H,16,17,19). The first-order valence-electron chi connectivity index (χ1n) is 6.33. The zero-order valence-electron chi connectivity index (χ0n) is 12.2. The Labute approximate surface area is 123 Å². The van der Waals surface area contributed by atoms with Gasteiger partial charge in [-0.05, 0) is 23.8 Å². The highest BCUT2D eigenvalue weighted by Crippen LogP contribution is 2.27. The average Bonchev–Trinajstić information content (AvgIpc) is 2.89. The molecule has 1 N–H and O–H groups in total. The van der Waals surface area contributed by atoms with Crippen LogP contribution in [0.5, 0.6) is 11.5 Å². The Kier molecular flexibility index (Phi) is 4.61. The van der Waals surface area contributed by atoms with Gasteiger partial charge in [-0.2, -0.15) is 5.10 Å². The number of methoxy groups -OCH3 is 2. The van der Waals surface area contributed by atoms with Crippen LogP contribution < -0.4 is 14.8 Å². The summed E-state index contributed by atoms with van der Waals surface area (Å²) in [5.74, 6) is 1.53. The Morgan fingerprint density at radius 3 is 2.62 bits per heavy atom. The third-order valence-corrected chi connectivity index (χ3v) is 2.80. The predicted molar refractivity (Wildman–Crippen MR) is 80.4 cm³/mol. The van der Waals surface area contributed by atoms with E-state index in [9.17, 15) is 4.79 Å². The van der Waals surface area contributed by atoms with Crippen molar-refractivity contribution in [2.45, 2.75) is 0 Å². The number of ether oxygens (including phenoxy) is 2. The number of carbonyl (C=O) groups excluding carboxylic acids is 1. The first-order chi connectivity index (χ1) is 10.1. The second kappa shape index (κ2) is 6.60. The molecule has 0 aliphatic rings. The topological polar surface area (TPSA) is 65.4 Å². The van der Waals surface area contributed by atoms with Crippen molar-refractivity contribution >= 4 is 17.8 Å². The molecule has 0 spiro atoms. The molecule has 1 heterocycles. The molecule has 0 fully saturated rings. The molecular weight excluding hydrogens is 270 g/mol. The van der Waals surface area contributed by atoms with Gasteiger partial charge in [0.1, 0.15) is 0 Å². The summed E-state index contributed by atoms with van der Waals surface area (Å²) in [6.45, 7) is 0. The summed E-state index contributed by atoms with van der Waals surface area (Å²) in [6, 6.07) is 7.15. The monoisotopic (exact) mass is 287 g/mol. The van der Waals surface area contributed by atoms with Crippen LogP contribution in [-0.2, 0) is 11.8 Å². The van der Waals surface area contributed by atoms with Crippen molar-refractivity contribution in [2.24, 2.45) is 7.05 Å². The molecule has 0 saturated heterocycles. The van der Waals surface area contributed by atoms with Crippen LogP contribution in [0.4, 0.5) is 5.82 Å². The maximum atomic E-state index is 11.8. The molecule has 0 aliphatic carbocycles. The van der Waals surface area contributed by atoms with E-state index in [0.717, 1.165) is 5.56 Å². The maximum Gasteiger partial charge on any atom is 0.249 e. The number of aryl methyl sites for hydroxylation is 1. The molecule has 0 bridgehead atoms. The Morgan fingerprint density at radius 2 is 2.00 bits per heavy atom. The molecule has 0 radical (unpaired) electrons. The third-order valence-electron chi connectivity index (χ3n) is 2.80. The fraction of sp³-hybridized carbons (Fsp3) is 0.200. The molecule has 0 atom stereocenters. The minimum Gasteiger partial charge on any atom is -0.493 e. The van der Waals surface area contributed by atoms with Crippen LogP contribution in [0.1, 0.15) is 5.56 Å². The molecule has 0 saturated carbocycles. The van der Waals surface area contributed by atoms with Crippen molar-refractivity contribution < 1.29 is 14.3 Å². The molecule has 1 aromatic carbocycles. The molecule has 6 nitrogen and oxygen atoms in total. The molecule has 1 amide bonds. The smallest absolute Gasteiger partial charge is 0.249 e. The highest BCUT2D eigenvalue weighted by Gasteiger charge is 2.04. The molecule has 6 heteroatoms. The highest BCUT2D eigenvalue weighted by atomic mass is 16.5. The molecule has 2 rings (SSSR count). The predicted octanol–water partition coefficient (Wildman–Crippen LogP) is 2.09. The quantitative estimate of drug-likeness (QED) is 0.855. The number of hydrogen-bond acceptors (Lipinski definition) is 4. The molecule has 110 valence electrons. The van der Waals surface area contributed by atoms with E-state index in [0.29, 0.717) is 17.3 Å². The Bertz CT molecular complexity index is 662. The van der Waals surface area contributed by atoms with Gasteiger partial charge in [-0.15, -0.1) is 0 Å². The van der Waals surface area contributed by atoms with Gasteiger partial charge in [0.05, 0.1) is 14.2 Å². The SMILES string of the molecule is COc1ccc(C=CC(=O)Nc2ccn(C)n2)cc1OC. The van der Waals surface area contributed by atoms with E-state index in [1.54, 1.807) is 56.4 Å². The number of anilines is 1. The van der Waals surface area contributed by atoms with Gasteiger partial charge < -0.3 is 14.8 Å². The van der Waals surface area contributed by atoms with Crippen LogP contribution in [0.25, 0.3) is 6.08 Å². The summed E-state index contributed by atoms with van der Waals surface area (Å²) < 4.78 is 12.0. The lowest BCUT2D eigenvalue weighted by atomic mass is 10.2. The Hall–Kier alpha value is -2.76. The molecule has 0 aliphatic heterocycles. The summed E-state index contributed by atoms with van der Waals surface area (Å²) >= 11 is 0. The molecular formula is C15H17N3O3. The highest BCUT2D eigenvalue weighted by molar-refractivity contribution is 6.01. The molecule has 1 aromatic heterocycles. The van der Waals surface area contributed by atoms with E-state index in [1.165, 1.54) is 6.08 Å². The maximum absolute atomic E-state index is 11.8. The van der Waals surface area contributed by atoms with E-state index < -0.39 is 0 Å². The van der Waals surface area contributed by atoms with E-state index in [2.05, 4.69) is 10.4 Å². The van der Waals surface area contributed by atoms with E-state index >= 15 is 0 Å². The first-order valence-corrected chi connectivity index (χ1v) is 6.33. The van der Waals surface area contributed by atoms with Crippen molar-refractivity contribution in [2.75, 3.05) is 19.5 Å². The summed E-state index contributed by atoms with van der Waals surface area (Å²) in [5, 5.41) is 6.74. The Balaban J connectivity index is 2.04. The lowest BCUT2D eigenvalue weighted by Crippen LogP contribution is -2.08. The van der Waals surface area contributed by atoms with E-state index in [1.807, 2.05) is 6.07 Å². The van der Waals surface area contributed by atoms with Crippen molar-refractivity contribution in [1.82, 2.24) is 9.78 Å². The number of rotatable bonds is 5. The van der Waals surface area contributed by atoms with Gasteiger partial charge in [0.15, 0.2) is 17.3 Å². The normalized spacial score (nSPS) is 10.6. The van der Waals surface area contributed by atoms with Crippen molar-refractivity contribution in [3.8, 4) is 11.5 Å². The minimum absolute atomic E-state index is 0.247. The summed E-state index contributed by atoms with van der Waals surface area (Å²) in [5.41, 5.74) is 0.837. The van der Waals surface area contributed by atoms with Crippen molar-refractivity contribution in [1.29, 1.82) is 0 Å². The van der Waals surface area contributed by atoms with Gasteiger partial charge in [0, 0.05) is 25.4 Å². The zero-order chi connectivity index (χ0) is 15.2. The molecule has 21 heavy (non-hydrogen) atoms. The minimum atomic E-state index is -0.247. The van der Waals surface area contributed by atoms with Crippen molar-refractivity contribution in [3.05, 3.63) is 42.1 Å². The van der Waals surface area contributed by atoms with E-state index in [-0.39, 0.29) is 5.91 Å². The van der Waals surface area contributed by atoms with Gasteiger partial charge in [0.25, 0.3) is 0 Å². The second-order valence-electron chi connectivity index (χ2n) is 4.31. The van der Waals surface area contributed by atoms with Crippen LogP contribution in [-0.4, -0.2) is 29.9 Å². The number of hydrogen-bond donors (Lipinski definition) is 1. The van der Waals surface area contributed by atoms with Crippen LogP contribution in [0.3, 0.4) is 0 Å². The fourth-order valence-corrected chi connectivity index (χ4v) is 1.78. The van der Waals surface area contributed by atoms with Gasteiger partial charge in [-0.1, -0.05) is 6.07 Å². The number of carbonyl (C=O) groups is 1. The number of nitrogens with zero attached hydrogens (tertiary/aromatic N) is 2. The lowest BCUT2D eigenvalue weighted by Gasteiger charge is -2.07. The number of benzene rings is 1. The molecule has 0 unspecified atom stereocenters. The van der Waals surface area contributed by atoms with Crippen LogP contribution in [0, 0.1) is 0 Å². The summed E-state index contributed by atoms with van der Waals surface area (Å²) in [6.07, 6.45) is 4.89. The average molecular weight is 287 g/mol. The van der Waals surface area contributed by atoms with Gasteiger partial charge in [-0.3, -0.25) is 9.48 Å². The fourth-order valence-electron chi connectivity index (χ4n) is 1.78. The van der Waals surface area contributed by atoms with Gasteiger partial charge >= 0.3 is 0 Å². The Morgan fingerprint density at radius 1 is 1.24 bits per heavy atom. The second-order valence-corrected chi connectivity index (χ2v) is 4.31. The summed E-state index contributed by atoms with van der Waals surface area (Å²) in [4.78, 5) is 11.8. The summed E-state index contributed by atoms with van der Waals surface area (Å²) in [7, 11) is 4.93. The van der Waals surface area contributed by atoms with Crippen LogP contribution in [0.15, 0.2) is 36.5 Å². The third kappa shape index (κ3) is 3.85. The lowest BCUT2D eigenvalue weighted by molar-refractivity contribution is -0.111. The van der Waals surface area contributed by atoms with E-state index in [4.69, 9.17) is 9.47 Å². The van der Waals surface area contributed by atoms with Crippen LogP contribution in [0.2, 0.25) is 0 Å². The first kappa shape index (κ1) is 14.6. The largest absolute Gasteiger partial charge is 0.493 e. The number of aromatic nitrogens is 2. The van der Waals surface area contributed by atoms with Gasteiger partial charge in [-0.25, -0.2) is 0 Å². The zero-order valence-corrected chi connectivity index (χ0v) is 12.2. The van der Waals surface area contributed by atoms with Crippen molar-refractivity contribution in [3.63, 3.8) is 0 Å². The van der Waals surface area contributed by atoms with Crippen LogP contribution >= 0.6 is 0 Å². The number of nitrogens with one attached hydrogen (secondary N) is 1. The number of amides is 1. The van der Waals surface area contributed by atoms with Gasteiger partial charge in [0.2, 0.25) is 5.91 Å². The molecule has 2 aromatic rings.